The number of allylic oxidation sites excluding steroid dienone is 4. The summed E-state index contributed by atoms with van der Waals surface area (Å²) in [6, 6.07) is 1.50. The lowest BCUT2D eigenvalue weighted by atomic mass is 9.74. The van der Waals surface area contributed by atoms with Crippen LogP contribution in [-0.4, -0.2) is 0 Å². The van der Waals surface area contributed by atoms with E-state index in [4.69, 9.17) is 5.26 Å². The number of unbranched alkanes of at least 4 members (excludes halogenated alkanes) is 4. The van der Waals surface area contributed by atoms with Gasteiger partial charge in [-0.15, -0.1) is 0 Å². The highest BCUT2D eigenvalue weighted by Gasteiger charge is 2.24. The minimum Gasteiger partial charge on any atom is -0.195 e. The lowest BCUT2D eigenvalue weighted by molar-refractivity contribution is 0.208. The van der Waals surface area contributed by atoms with Crippen molar-refractivity contribution in [3.05, 3.63) is 24.1 Å². The third kappa shape index (κ3) is 10.8. The molecular formula is C28H46FN. The number of hydrogen-bond donors (Lipinski definition) is 0. The van der Waals surface area contributed by atoms with Crippen LogP contribution < -0.4 is 0 Å². The van der Waals surface area contributed by atoms with Gasteiger partial charge in [0.15, 0.2) is 5.83 Å². The molecular weight excluding hydrogens is 369 g/mol. The predicted octanol–water partition coefficient (Wildman–Crippen LogP) is 9.45. The van der Waals surface area contributed by atoms with Gasteiger partial charge in [-0.3, -0.25) is 0 Å². The van der Waals surface area contributed by atoms with Gasteiger partial charge in [0.1, 0.15) is 6.07 Å². The average molecular weight is 416 g/mol. The van der Waals surface area contributed by atoms with Crippen LogP contribution in [0.2, 0.25) is 0 Å². The molecule has 2 fully saturated rings. The molecule has 0 aromatic heterocycles. The summed E-state index contributed by atoms with van der Waals surface area (Å²) in [7, 11) is 0. The van der Waals surface area contributed by atoms with Crippen molar-refractivity contribution < 1.29 is 4.39 Å². The van der Waals surface area contributed by atoms with Crippen LogP contribution in [0.4, 0.5) is 4.39 Å². The Hall–Kier alpha value is -1.10. The topological polar surface area (TPSA) is 23.8 Å². The fraction of sp³-hybridized carbons (Fsp3) is 0.821. The Morgan fingerprint density at radius 2 is 1.27 bits per heavy atom. The quantitative estimate of drug-likeness (QED) is 0.167. The zero-order valence-corrected chi connectivity index (χ0v) is 19.6. The number of rotatable bonds is 13. The smallest absolute Gasteiger partial charge is 0.195 e. The molecule has 0 heterocycles. The zero-order valence-electron chi connectivity index (χ0n) is 19.6. The maximum atomic E-state index is 12.7. The van der Waals surface area contributed by atoms with Crippen molar-refractivity contribution in [1.29, 1.82) is 5.26 Å². The van der Waals surface area contributed by atoms with Crippen molar-refractivity contribution in [2.24, 2.45) is 23.7 Å². The second-order valence-corrected chi connectivity index (χ2v) is 10.2. The summed E-state index contributed by atoms with van der Waals surface area (Å²) in [5.74, 6) is 3.18. The molecule has 2 aliphatic carbocycles. The van der Waals surface area contributed by atoms with Gasteiger partial charge >= 0.3 is 0 Å². The largest absolute Gasteiger partial charge is 0.199 e. The van der Waals surface area contributed by atoms with E-state index < -0.39 is 5.83 Å². The van der Waals surface area contributed by atoms with E-state index in [1.807, 2.05) is 6.08 Å². The highest BCUT2D eigenvalue weighted by Crippen LogP contribution is 2.38. The summed E-state index contributed by atoms with van der Waals surface area (Å²) in [5, 5.41) is 8.39. The predicted molar refractivity (Wildman–Crippen MR) is 127 cm³/mol. The minimum absolute atomic E-state index is 0.706. The maximum absolute atomic E-state index is 12.7. The molecule has 30 heavy (non-hydrogen) atoms. The third-order valence-electron chi connectivity index (χ3n) is 7.86. The molecule has 0 bridgehead atoms. The van der Waals surface area contributed by atoms with Gasteiger partial charge in [-0.25, -0.2) is 0 Å². The van der Waals surface area contributed by atoms with Gasteiger partial charge in [0, 0.05) is 0 Å². The molecule has 0 radical (unpaired) electrons. The highest BCUT2D eigenvalue weighted by atomic mass is 19.1. The van der Waals surface area contributed by atoms with E-state index in [2.05, 4.69) is 6.92 Å². The van der Waals surface area contributed by atoms with Crippen molar-refractivity contribution >= 4 is 0 Å². The molecule has 0 atom stereocenters. The van der Waals surface area contributed by atoms with Gasteiger partial charge in [-0.1, -0.05) is 122 Å². The Balaban J connectivity index is 1.48. The molecule has 1 nitrogen and oxygen atoms in total. The van der Waals surface area contributed by atoms with Gasteiger partial charge in [-0.2, -0.15) is 9.65 Å². The first-order valence-corrected chi connectivity index (χ1v) is 13.1. The van der Waals surface area contributed by atoms with Crippen LogP contribution in [0.5, 0.6) is 0 Å². The molecule has 0 amide bonds. The fourth-order valence-electron chi connectivity index (χ4n) is 5.74. The fourth-order valence-corrected chi connectivity index (χ4v) is 5.74. The Morgan fingerprint density at radius 3 is 1.80 bits per heavy atom. The first kappa shape index (κ1) is 25.2. The molecule has 0 spiro atoms. The number of halogens is 1. The number of nitrogens with zero attached hydrogens (tertiary/aromatic N) is 1. The Labute approximate surface area is 186 Å². The van der Waals surface area contributed by atoms with Crippen LogP contribution in [0.1, 0.15) is 122 Å². The van der Waals surface area contributed by atoms with Crippen LogP contribution in [0.15, 0.2) is 24.1 Å². The zero-order chi connectivity index (χ0) is 21.4. The normalized spacial score (nSPS) is 28.0. The average Bonchev–Trinajstić information content (AvgIpc) is 2.78. The van der Waals surface area contributed by atoms with Crippen molar-refractivity contribution in [3.8, 4) is 6.07 Å². The molecule has 0 N–H and O–H groups in total. The van der Waals surface area contributed by atoms with Crippen molar-refractivity contribution in [2.75, 3.05) is 0 Å². The Morgan fingerprint density at radius 1 is 0.767 bits per heavy atom. The molecule has 0 aromatic carbocycles. The summed E-state index contributed by atoms with van der Waals surface area (Å²) in [4.78, 5) is 0. The number of nitriles is 1. The number of hydrogen-bond acceptors (Lipinski definition) is 1. The molecule has 2 rings (SSSR count). The maximum Gasteiger partial charge on any atom is 0.199 e. The van der Waals surface area contributed by atoms with Gasteiger partial charge in [0.25, 0.3) is 0 Å². The molecule has 2 heteroatoms. The van der Waals surface area contributed by atoms with Crippen LogP contribution in [0.3, 0.4) is 0 Å². The van der Waals surface area contributed by atoms with Gasteiger partial charge in [-0.05, 0) is 42.6 Å². The molecule has 0 aliphatic heterocycles. The standard InChI is InChI=1S/C28H46FN/c1-2-3-4-5-7-10-24-13-17-26(18-14-24)21-22-27-19-15-25(16-20-27)11-8-6-9-12-28(29)23-30/h6,9,12,24-27H,2-5,7-8,10-11,13-22H2,1H3. The monoisotopic (exact) mass is 415 g/mol. The van der Waals surface area contributed by atoms with Crippen LogP contribution >= 0.6 is 0 Å². The lowest BCUT2D eigenvalue weighted by Gasteiger charge is -2.32. The van der Waals surface area contributed by atoms with Gasteiger partial charge < -0.3 is 0 Å². The molecule has 0 aromatic rings. The lowest BCUT2D eigenvalue weighted by Crippen LogP contribution is -2.18. The van der Waals surface area contributed by atoms with Crippen LogP contribution in [-0.2, 0) is 0 Å². The second kappa shape index (κ2) is 15.7. The highest BCUT2D eigenvalue weighted by molar-refractivity contribution is 5.18. The van der Waals surface area contributed by atoms with Gasteiger partial charge in [0.2, 0.25) is 0 Å². The van der Waals surface area contributed by atoms with E-state index in [-0.39, 0.29) is 0 Å². The van der Waals surface area contributed by atoms with E-state index in [1.54, 1.807) is 6.08 Å². The van der Waals surface area contributed by atoms with Crippen molar-refractivity contribution in [2.45, 2.75) is 122 Å². The van der Waals surface area contributed by atoms with E-state index >= 15 is 0 Å². The van der Waals surface area contributed by atoms with Gasteiger partial charge in [0.05, 0.1) is 0 Å². The summed E-state index contributed by atoms with van der Waals surface area (Å²) in [5.41, 5.74) is 0. The Kier molecular flexibility index (Phi) is 13.1. The molecule has 0 unspecified atom stereocenters. The molecule has 170 valence electrons. The van der Waals surface area contributed by atoms with E-state index in [0.29, 0.717) is 0 Å². The van der Waals surface area contributed by atoms with Crippen molar-refractivity contribution in [1.82, 2.24) is 0 Å². The second-order valence-electron chi connectivity index (χ2n) is 10.2. The Bertz CT molecular complexity index is 527. The van der Waals surface area contributed by atoms with Crippen LogP contribution in [0.25, 0.3) is 0 Å². The summed E-state index contributed by atoms with van der Waals surface area (Å²) < 4.78 is 12.7. The first-order chi connectivity index (χ1) is 14.7. The minimum atomic E-state index is -0.706. The van der Waals surface area contributed by atoms with E-state index in [9.17, 15) is 4.39 Å². The first-order valence-electron chi connectivity index (χ1n) is 13.1. The van der Waals surface area contributed by atoms with Crippen LogP contribution in [0, 0.1) is 35.0 Å². The van der Waals surface area contributed by atoms with E-state index in [0.717, 1.165) is 30.1 Å². The summed E-state index contributed by atoms with van der Waals surface area (Å²) in [6.45, 7) is 2.30. The molecule has 2 aliphatic rings. The van der Waals surface area contributed by atoms with E-state index in [1.165, 1.54) is 121 Å². The molecule has 0 saturated heterocycles. The third-order valence-corrected chi connectivity index (χ3v) is 7.86. The summed E-state index contributed by atoms with van der Waals surface area (Å²) in [6.07, 6.45) is 30.4. The SMILES string of the molecule is CCCCCCCC1CCC(CCC2CCC(CCC=CC=C(F)C#N)CC2)CC1. The molecule has 2 saturated carbocycles. The van der Waals surface area contributed by atoms with Crippen molar-refractivity contribution in [3.63, 3.8) is 0 Å². The summed E-state index contributed by atoms with van der Waals surface area (Å²) >= 11 is 0.